The Labute approximate surface area is 166 Å². The largest absolute Gasteiger partial charge is 0.488 e. The SMILES string of the molecule is CC1(F)CCN(C(=O)c2cc3c([nH]2)N(c2ccc4c(=O)[nH]ccc4c2)CCO3)C1. The highest BCUT2D eigenvalue weighted by atomic mass is 19.1. The highest BCUT2D eigenvalue weighted by molar-refractivity contribution is 5.95. The number of benzene rings is 1. The van der Waals surface area contributed by atoms with Crippen LogP contribution in [0, 0.1) is 0 Å². The summed E-state index contributed by atoms with van der Waals surface area (Å²) in [4.78, 5) is 34.2. The molecule has 2 N–H and O–H groups in total. The molecule has 1 aromatic carbocycles. The van der Waals surface area contributed by atoms with Gasteiger partial charge in [-0.25, -0.2) is 4.39 Å². The van der Waals surface area contributed by atoms with Gasteiger partial charge < -0.3 is 24.5 Å². The molecule has 2 aliphatic rings. The second-order valence-electron chi connectivity index (χ2n) is 7.86. The van der Waals surface area contributed by atoms with Gasteiger partial charge in [0.2, 0.25) is 0 Å². The summed E-state index contributed by atoms with van der Waals surface area (Å²) in [7, 11) is 0. The summed E-state index contributed by atoms with van der Waals surface area (Å²) in [6.45, 7) is 3.09. The Morgan fingerprint density at radius 1 is 1.24 bits per heavy atom. The van der Waals surface area contributed by atoms with Crippen molar-refractivity contribution in [3.05, 3.63) is 52.6 Å². The fourth-order valence-corrected chi connectivity index (χ4v) is 4.08. The Hall–Kier alpha value is -3.29. The van der Waals surface area contributed by atoms with Crippen LogP contribution in [0.2, 0.25) is 0 Å². The number of carbonyl (C=O) groups is 1. The van der Waals surface area contributed by atoms with Crippen molar-refractivity contribution < 1.29 is 13.9 Å². The van der Waals surface area contributed by atoms with Crippen LogP contribution in [0.15, 0.2) is 41.3 Å². The average molecular weight is 396 g/mol. The summed E-state index contributed by atoms with van der Waals surface area (Å²) in [6, 6.07) is 9.15. The molecule has 2 aromatic heterocycles. The molecule has 0 saturated carbocycles. The Morgan fingerprint density at radius 2 is 2.10 bits per heavy atom. The lowest BCUT2D eigenvalue weighted by atomic mass is 10.1. The van der Waals surface area contributed by atoms with Gasteiger partial charge in [-0.15, -0.1) is 0 Å². The number of aromatic nitrogens is 2. The van der Waals surface area contributed by atoms with Crippen LogP contribution in [0.3, 0.4) is 0 Å². The Balaban J connectivity index is 1.49. The van der Waals surface area contributed by atoms with Crippen LogP contribution >= 0.6 is 0 Å². The van der Waals surface area contributed by atoms with E-state index in [0.29, 0.717) is 48.8 Å². The van der Waals surface area contributed by atoms with Crippen LogP contribution < -0.4 is 15.2 Å². The van der Waals surface area contributed by atoms with Crippen molar-refractivity contribution in [1.82, 2.24) is 14.9 Å². The Bertz CT molecular complexity index is 1170. The summed E-state index contributed by atoms with van der Waals surface area (Å²) in [5.74, 6) is 1.05. The second kappa shape index (κ2) is 6.37. The maximum Gasteiger partial charge on any atom is 0.270 e. The first kappa shape index (κ1) is 17.8. The van der Waals surface area contributed by atoms with Gasteiger partial charge in [0, 0.05) is 36.3 Å². The molecule has 1 fully saturated rings. The minimum absolute atomic E-state index is 0.0965. The molecule has 7 nitrogen and oxygen atoms in total. The summed E-state index contributed by atoms with van der Waals surface area (Å²) in [5.41, 5.74) is -0.189. The number of pyridine rings is 1. The number of likely N-dealkylation sites (tertiary alicyclic amines) is 1. The number of nitrogens with one attached hydrogen (secondary N) is 2. The summed E-state index contributed by atoms with van der Waals surface area (Å²) < 4.78 is 19.9. The molecule has 4 heterocycles. The molecule has 0 bridgehead atoms. The number of amides is 1. The van der Waals surface area contributed by atoms with Crippen LogP contribution in [-0.4, -0.2) is 52.7 Å². The van der Waals surface area contributed by atoms with Crippen molar-refractivity contribution in [2.75, 3.05) is 31.1 Å². The van der Waals surface area contributed by atoms with Gasteiger partial charge in [0.25, 0.3) is 11.5 Å². The zero-order valence-corrected chi connectivity index (χ0v) is 16.0. The lowest BCUT2D eigenvalue weighted by molar-refractivity contribution is 0.0755. The number of halogens is 1. The molecule has 29 heavy (non-hydrogen) atoms. The maximum atomic E-state index is 14.1. The molecule has 1 amide bonds. The molecule has 0 aliphatic carbocycles. The smallest absolute Gasteiger partial charge is 0.270 e. The fraction of sp³-hybridized carbons (Fsp3) is 0.333. The number of carbonyl (C=O) groups excluding carboxylic acids is 1. The molecule has 2 aliphatic heterocycles. The van der Waals surface area contributed by atoms with Crippen LogP contribution in [0.5, 0.6) is 5.75 Å². The zero-order valence-electron chi connectivity index (χ0n) is 16.0. The number of hydrogen-bond donors (Lipinski definition) is 2. The van der Waals surface area contributed by atoms with Crippen molar-refractivity contribution in [2.45, 2.75) is 19.0 Å². The number of anilines is 2. The number of alkyl halides is 1. The van der Waals surface area contributed by atoms with Gasteiger partial charge in [-0.2, -0.15) is 0 Å². The molecule has 5 rings (SSSR count). The van der Waals surface area contributed by atoms with E-state index in [1.54, 1.807) is 18.3 Å². The number of hydrogen-bond acceptors (Lipinski definition) is 4. The van der Waals surface area contributed by atoms with Gasteiger partial charge in [-0.1, -0.05) is 0 Å². The highest BCUT2D eigenvalue weighted by Gasteiger charge is 2.37. The zero-order chi connectivity index (χ0) is 20.2. The number of nitrogens with zero attached hydrogens (tertiary/aromatic N) is 2. The molecule has 0 radical (unpaired) electrons. The molecule has 3 aromatic rings. The number of rotatable bonds is 2. The van der Waals surface area contributed by atoms with E-state index in [1.165, 1.54) is 11.8 Å². The Kier molecular flexibility index (Phi) is 3.90. The molecule has 8 heteroatoms. The van der Waals surface area contributed by atoms with Gasteiger partial charge >= 0.3 is 0 Å². The van der Waals surface area contributed by atoms with E-state index in [9.17, 15) is 14.0 Å². The third kappa shape index (κ3) is 3.04. The van der Waals surface area contributed by atoms with Crippen molar-refractivity contribution in [3.8, 4) is 5.75 Å². The average Bonchev–Trinajstić information content (AvgIpc) is 3.30. The molecule has 150 valence electrons. The summed E-state index contributed by atoms with van der Waals surface area (Å²) in [5, 5.41) is 1.46. The molecular weight excluding hydrogens is 375 g/mol. The first-order valence-electron chi connectivity index (χ1n) is 9.64. The Morgan fingerprint density at radius 3 is 2.90 bits per heavy atom. The van der Waals surface area contributed by atoms with Gasteiger partial charge in [0.1, 0.15) is 18.0 Å². The number of H-pyrrole nitrogens is 2. The fourth-order valence-electron chi connectivity index (χ4n) is 4.08. The highest BCUT2D eigenvalue weighted by Crippen LogP contribution is 2.38. The maximum absolute atomic E-state index is 14.1. The van der Waals surface area contributed by atoms with E-state index in [0.717, 1.165) is 11.1 Å². The van der Waals surface area contributed by atoms with Crippen molar-refractivity contribution in [1.29, 1.82) is 0 Å². The monoisotopic (exact) mass is 396 g/mol. The molecule has 1 atom stereocenters. The standard InChI is InChI=1S/C21H21FN4O3/c1-21(22)5-7-25(12-21)20(28)16-11-17-18(24-16)26(8-9-29-17)14-2-3-15-13(10-14)4-6-23-19(15)27/h2-4,6,10-11,24H,5,7-9,12H2,1H3,(H,23,27). The van der Waals surface area contributed by atoms with Crippen LogP contribution in [0.4, 0.5) is 15.9 Å². The third-order valence-corrected chi connectivity index (χ3v) is 5.61. The lowest BCUT2D eigenvalue weighted by Crippen LogP contribution is -2.32. The van der Waals surface area contributed by atoms with Gasteiger partial charge in [0.15, 0.2) is 11.6 Å². The van der Waals surface area contributed by atoms with Gasteiger partial charge in [0.05, 0.1) is 13.1 Å². The predicted octanol–water partition coefficient (Wildman–Crippen LogP) is 2.96. The minimum atomic E-state index is -1.34. The van der Waals surface area contributed by atoms with Crippen LogP contribution in [0.1, 0.15) is 23.8 Å². The summed E-state index contributed by atoms with van der Waals surface area (Å²) in [6.07, 6.45) is 1.97. The topological polar surface area (TPSA) is 81.4 Å². The predicted molar refractivity (Wildman–Crippen MR) is 108 cm³/mol. The van der Waals surface area contributed by atoms with E-state index in [-0.39, 0.29) is 18.0 Å². The van der Waals surface area contributed by atoms with E-state index in [2.05, 4.69) is 9.97 Å². The summed E-state index contributed by atoms with van der Waals surface area (Å²) >= 11 is 0. The lowest BCUT2D eigenvalue weighted by Gasteiger charge is -2.29. The van der Waals surface area contributed by atoms with E-state index in [1.807, 2.05) is 23.1 Å². The van der Waals surface area contributed by atoms with Crippen LogP contribution in [-0.2, 0) is 0 Å². The van der Waals surface area contributed by atoms with E-state index in [4.69, 9.17) is 4.74 Å². The first-order chi connectivity index (χ1) is 13.9. The van der Waals surface area contributed by atoms with E-state index < -0.39 is 5.67 Å². The van der Waals surface area contributed by atoms with Crippen molar-refractivity contribution in [3.63, 3.8) is 0 Å². The molecule has 0 spiro atoms. The molecule has 1 unspecified atom stereocenters. The van der Waals surface area contributed by atoms with Crippen molar-refractivity contribution >= 4 is 28.2 Å². The van der Waals surface area contributed by atoms with E-state index >= 15 is 0 Å². The second-order valence-corrected chi connectivity index (χ2v) is 7.86. The number of ether oxygens (including phenoxy) is 1. The minimum Gasteiger partial charge on any atom is -0.488 e. The molecular formula is C21H21FN4O3. The quantitative estimate of drug-likeness (QED) is 0.698. The third-order valence-electron chi connectivity index (χ3n) is 5.61. The van der Waals surface area contributed by atoms with Crippen molar-refractivity contribution in [2.24, 2.45) is 0 Å². The van der Waals surface area contributed by atoms with Gasteiger partial charge in [-0.3, -0.25) is 9.59 Å². The molecule has 1 saturated heterocycles. The van der Waals surface area contributed by atoms with Crippen LogP contribution in [0.25, 0.3) is 10.8 Å². The van der Waals surface area contributed by atoms with Gasteiger partial charge in [-0.05, 0) is 36.6 Å². The number of fused-ring (bicyclic) bond motifs is 2. The number of aromatic amines is 2. The first-order valence-corrected chi connectivity index (χ1v) is 9.64. The normalized spacial score (nSPS) is 21.3.